The van der Waals surface area contributed by atoms with E-state index in [0.29, 0.717) is 18.0 Å². The minimum Gasteiger partial charge on any atom is -0.355 e. The molecule has 0 bridgehead atoms. The number of guanidine groups is 1. The van der Waals surface area contributed by atoms with Crippen LogP contribution in [0.15, 0.2) is 4.99 Å². The molecule has 0 aromatic heterocycles. The average Bonchev–Trinajstić information content (AvgIpc) is 3.28. The lowest BCUT2D eigenvalue weighted by Gasteiger charge is -2.41. The summed E-state index contributed by atoms with van der Waals surface area (Å²) in [6.45, 7) is 14.5. The van der Waals surface area contributed by atoms with Gasteiger partial charge in [-0.05, 0) is 53.0 Å². The van der Waals surface area contributed by atoms with Crippen LogP contribution in [0.1, 0.15) is 52.9 Å². The number of carbonyl (C=O) groups is 1. The van der Waals surface area contributed by atoms with Crippen LogP contribution in [0.2, 0.25) is 0 Å². The molecule has 174 valence electrons. The molecule has 30 heavy (non-hydrogen) atoms. The van der Waals surface area contributed by atoms with Gasteiger partial charge < -0.3 is 15.1 Å². The van der Waals surface area contributed by atoms with E-state index in [4.69, 9.17) is 0 Å². The number of piperazine rings is 1. The average molecular weight is 535 g/mol. The summed E-state index contributed by atoms with van der Waals surface area (Å²) in [6.07, 6.45) is 6.31. The molecule has 3 aliphatic heterocycles. The summed E-state index contributed by atoms with van der Waals surface area (Å²) in [6, 6.07) is 1.19. The molecule has 0 aromatic carbocycles. The van der Waals surface area contributed by atoms with Gasteiger partial charge in [-0.15, -0.1) is 24.0 Å². The van der Waals surface area contributed by atoms with Crippen molar-refractivity contribution in [3.63, 3.8) is 0 Å². The first-order chi connectivity index (χ1) is 14.0. The molecular formula is C22H43IN6O. The Morgan fingerprint density at radius 2 is 1.60 bits per heavy atom. The van der Waals surface area contributed by atoms with Crippen molar-refractivity contribution in [3.8, 4) is 0 Å². The monoisotopic (exact) mass is 534 g/mol. The highest BCUT2D eigenvalue weighted by molar-refractivity contribution is 14.0. The number of amides is 1. The maximum atomic E-state index is 12.7. The molecule has 0 radical (unpaired) electrons. The second kappa shape index (κ2) is 12.4. The van der Waals surface area contributed by atoms with Crippen molar-refractivity contribution in [3.05, 3.63) is 0 Å². The van der Waals surface area contributed by atoms with Gasteiger partial charge in [0.2, 0.25) is 5.91 Å². The summed E-state index contributed by atoms with van der Waals surface area (Å²) in [7, 11) is 1.88. The quantitative estimate of drug-likeness (QED) is 0.333. The Hall–Kier alpha value is -0.610. The fourth-order valence-corrected chi connectivity index (χ4v) is 5.14. The molecule has 1 N–H and O–H groups in total. The molecule has 3 heterocycles. The fourth-order valence-electron chi connectivity index (χ4n) is 5.14. The minimum atomic E-state index is -0.00849. The lowest BCUT2D eigenvalue weighted by molar-refractivity contribution is -0.135. The Morgan fingerprint density at radius 3 is 2.20 bits per heavy atom. The molecule has 7 nitrogen and oxygen atoms in total. The van der Waals surface area contributed by atoms with E-state index in [1.165, 1.54) is 25.8 Å². The number of nitrogens with zero attached hydrogens (tertiary/aromatic N) is 5. The summed E-state index contributed by atoms with van der Waals surface area (Å²) in [5.74, 6) is 1.31. The summed E-state index contributed by atoms with van der Waals surface area (Å²) >= 11 is 0. The van der Waals surface area contributed by atoms with Crippen molar-refractivity contribution in [2.75, 3.05) is 59.4 Å². The van der Waals surface area contributed by atoms with Gasteiger partial charge in [-0.25, -0.2) is 0 Å². The molecule has 3 fully saturated rings. The van der Waals surface area contributed by atoms with Crippen LogP contribution in [0.5, 0.6) is 0 Å². The predicted molar refractivity (Wildman–Crippen MR) is 135 cm³/mol. The maximum absolute atomic E-state index is 12.7. The first-order valence-electron chi connectivity index (χ1n) is 11.8. The van der Waals surface area contributed by atoms with Crippen LogP contribution in [-0.4, -0.2) is 109 Å². The van der Waals surface area contributed by atoms with Gasteiger partial charge in [0.15, 0.2) is 5.96 Å². The van der Waals surface area contributed by atoms with E-state index in [1.54, 1.807) is 0 Å². The summed E-state index contributed by atoms with van der Waals surface area (Å²) < 4.78 is 0. The van der Waals surface area contributed by atoms with E-state index in [1.807, 2.05) is 11.9 Å². The highest BCUT2D eigenvalue weighted by Gasteiger charge is 2.31. The van der Waals surface area contributed by atoms with Gasteiger partial charge in [0.1, 0.15) is 0 Å². The summed E-state index contributed by atoms with van der Waals surface area (Å²) in [5, 5.41) is 3.61. The van der Waals surface area contributed by atoms with Crippen molar-refractivity contribution in [1.82, 2.24) is 24.9 Å². The van der Waals surface area contributed by atoms with Crippen molar-refractivity contribution in [1.29, 1.82) is 0 Å². The van der Waals surface area contributed by atoms with Gasteiger partial charge >= 0.3 is 0 Å². The topological polar surface area (TPSA) is 54.4 Å². The first-order valence-corrected chi connectivity index (χ1v) is 11.8. The van der Waals surface area contributed by atoms with E-state index >= 15 is 0 Å². The lowest BCUT2D eigenvalue weighted by Crippen LogP contribution is -2.58. The predicted octanol–water partition coefficient (Wildman–Crippen LogP) is 2.07. The second-order valence-electron chi connectivity index (χ2n) is 9.09. The number of likely N-dealkylation sites (tertiary alicyclic amines) is 2. The zero-order chi connectivity index (χ0) is 20.8. The number of hydrogen-bond donors (Lipinski definition) is 1. The number of nitrogens with one attached hydrogen (secondary N) is 1. The lowest BCUT2D eigenvalue weighted by atomic mass is 10.0. The molecule has 3 rings (SSSR count). The van der Waals surface area contributed by atoms with E-state index in [2.05, 4.69) is 45.8 Å². The number of piperidine rings is 1. The number of aliphatic imine (C=N–C) groups is 1. The largest absolute Gasteiger partial charge is 0.355 e. The van der Waals surface area contributed by atoms with Crippen molar-refractivity contribution in [2.24, 2.45) is 4.99 Å². The Morgan fingerprint density at radius 1 is 0.967 bits per heavy atom. The van der Waals surface area contributed by atoms with E-state index in [0.717, 1.165) is 64.6 Å². The van der Waals surface area contributed by atoms with Gasteiger partial charge in [0.05, 0.1) is 6.04 Å². The third kappa shape index (κ3) is 6.45. The van der Waals surface area contributed by atoms with Gasteiger partial charge in [-0.1, -0.05) is 6.42 Å². The van der Waals surface area contributed by atoms with Crippen molar-refractivity contribution < 1.29 is 4.79 Å². The van der Waals surface area contributed by atoms with Crippen LogP contribution >= 0.6 is 24.0 Å². The van der Waals surface area contributed by atoms with Gasteiger partial charge in [-0.2, -0.15) is 0 Å². The number of rotatable bonds is 5. The van der Waals surface area contributed by atoms with Crippen molar-refractivity contribution >= 4 is 35.8 Å². The van der Waals surface area contributed by atoms with E-state index < -0.39 is 0 Å². The van der Waals surface area contributed by atoms with Gasteiger partial charge in [0, 0.05) is 64.9 Å². The maximum Gasteiger partial charge on any atom is 0.239 e. The van der Waals surface area contributed by atoms with Crippen LogP contribution in [0.25, 0.3) is 0 Å². The van der Waals surface area contributed by atoms with Crippen LogP contribution in [0, 0.1) is 0 Å². The molecular weight excluding hydrogens is 491 g/mol. The highest BCUT2D eigenvalue weighted by Crippen LogP contribution is 2.19. The third-order valence-electron chi connectivity index (χ3n) is 7.12. The number of hydrogen-bond acceptors (Lipinski definition) is 4. The van der Waals surface area contributed by atoms with Crippen molar-refractivity contribution in [2.45, 2.75) is 71.0 Å². The van der Waals surface area contributed by atoms with Crippen LogP contribution < -0.4 is 5.32 Å². The summed E-state index contributed by atoms with van der Waals surface area (Å²) in [4.78, 5) is 26.6. The number of halogens is 1. The van der Waals surface area contributed by atoms with E-state index in [9.17, 15) is 4.79 Å². The smallest absolute Gasteiger partial charge is 0.239 e. The third-order valence-corrected chi connectivity index (χ3v) is 7.12. The Labute approximate surface area is 200 Å². The number of carbonyl (C=O) groups excluding carboxylic acids is 1. The molecule has 0 spiro atoms. The standard InChI is InChI=1S/C22H42N6O.HI/c1-18-9-5-6-12-28(18)19(2)17-24-22(23-4)27-15-13-25(14-16-27)20(3)21(29)26-10-7-8-11-26;/h18-20H,5-17H2,1-4H3,(H,23,24);1H. The normalized spacial score (nSPS) is 26.3. The molecule has 3 unspecified atom stereocenters. The minimum absolute atomic E-state index is 0. The second-order valence-corrected chi connectivity index (χ2v) is 9.09. The molecule has 0 saturated carbocycles. The highest BCUT2D eigenvalue weighted by atomic mass is 127. The van der Waals surface area contributed by atoms with Gasteiger partial charge in [-0.3, -0.25) is 19.6 Å². The SMILES string of the molecule is CN=C(NCC(C)N1CCCCC1C)N1CCN(C(C)C(=O)N2CCCC2)CC1.I. The molecule has 3 aliphatic rings. The zero-order valence-corrected chi connectivity index (χ0v) is 21.8. The molecule has 3 saturated heterocycles. The van der Waals surface area contributed by atoms with Crippen LogP contribution in [-0.2, 0) is 4.79 Å². The van der Waals surface area contributed by atoms with Crippen LogP contribution in [0.4, 0.5) is 0 Å². The van der Waals surface area contributed by atoms with Crippen LogP contribution in [0.3, 0.4) is 0 Å². The molecule has 8 heteroatoms. The first kappa shape index (κ1) is 25.6. The molecule has 0 aliphatic carbocycles. The Balaban J connectivity index is 0.00000320. The Bertz CT molecular complexity index is 560. The zero-order valence-electron chi connectivity index (χ0n) is 19.5. The molecule has 0 aromatic rings. The molecule has 1 amide bonds. The molecule has 3 atom stereocenters. The Kier molecular flexibility index (Phi) is 10.6. The summed E-state index contributed by atoms with van der Waals surface area (Å²) in [5.41, 5.74) is 0. The van der Waals surface area contributed by atoms with Gasteiger partial charge in [0.25, 0.3) is 0 Å². The fraction of sp³-hybridized carbons (Fsp3) is 0.909. The van der Waals surface area contributed by atoms with E-state index in [-0.39, 0.29) is 30.0 Å².